The number of benzene rings is 2. The first-order valence-corrected chi connectivity index (χ1v) is 19.2. The zero-order valence-corrected chi connectivity index (χ0v) is 33.5. The van der Waals surface area contributed by atoms with Gasteiger partial charge < -0.3 is 50.9 Å². The number of pyridine rings is 2. The molecule has 4 heterocycles. The highest BCUT2D eigenvalue weighted by Crippen LogP contribution is 2.29. The van der Waals surface area contributed by atoms with E-state index >= 15 is 0 Å². The van der Waals surface area contributed by atoms with Crippen LogP contribution in [0.4, 0.5) is 11.4 Å². The largest absolute Gasteiger partial charge is 0.547 e. The van der Waals surface area contributed by atoms with E-state index in [1.165, 1.54) is 0 Å². The molecule has 2 saturated heterocycles. The van der Waals surface area contributed by atoms with Gasteiger partial charge in [-0.2, -0.15) is 29.6 Å². The average Bonchev–Trinajstić information content (AvgIpc) is 3.21. The van der Waals surface area contributed by atoms with Crippen molar-refractivity contribution in [1.29, 1.82) is 0 Å². The fourth-order valence-electron chi connectivity index (χ4n) is 6.42. The van der Waals surface area contributed by atoms with Gasteiger partial charge >= 0.3 is 0 Å². The molecule has 0 spiro atoms. The number of hydrogen-bond donors (Lipinski definition) is 6. The Balaban J connectivity index is 0.000000580. The highest BCUT2D eigenvalue weighted by molar-refractivity contribution is 5.80. The zero-order valence-electron chi connectivity index (χ0n) is 33.5. The van der Waals surface area contributed by atoms with Gasteiger partial charge in [-0.3, -0.25) is 9.59 Å². The molecule has 2 aliphatic rings. The van der Waals surface area contributed by atoms with E-state index in [1.807, 2.05) is 133 Å². The van der Waals surface area contributed by atoms with Crippen LogP contribution < -0.4 is 30.0 Å². The zero-order chi connectivity index (χ0) is 43.9. The summed E-state index contributed by atoms with van der Waals surface area (Å²) in [4.78, 5) is 43.9. The van der Waals surface area contributed by atoms with Gasteiger partial charge in [0.25, 0.3) is 11.8 Å². The minimum Gasteiger partial charge on any atom is -0.547 e. The summed E-state index contributed by atoms with van der Waals surface area (Å²) in [5, 5.41) is 78.6. The Hall–Kier alpha value is -6.34. The van der Waals surface area contributed by atoms with Gasteiger partial charge in [0, 0.05) is 24.3 Å². The third kappa shape index (κ3) is 13.1. The first-order chi connectivity index (χ1) is 28.6. The molecular weight excluding hydrogens is 777 g/mol. The summed E-state index contributed by atoms with van der Waals surface area (Å²) in [7, 11) is 0. The topological polar surface area (TPSA) is 277 Å². The SMILES string of the molecule is CC(O)C(=O)[O-].CC(O)C(=O)[O-].CC1C(N=Nc2ccc(CCc3ccc(N=NC4C(O)NC(=O)C([n+]5ccccc5)C4C)cc3)cc2)C(O)NC(=O)C1[n+]1ccccc1. The standard InChI is InChI=1S/C36H38N8O4.2C3H6O3/c1-23-29(33(45)37-35(47)31(23)43-19-5-3-6-20-43)41-39-27-15-11-25(12-16-27)9-10-26-13-17-28(18-14-26)40-42-30-24(2)32(36(48)38-34(30)46)44-21-7-4-8-22-44;2*1-2(4)3(5)6/h3-8,11-24,29-34,45-46H,9-10H2,1-2H3;2*2,4H,1H3,(H,5,6). The van der Waals surface area contributed by atoms with Gasteiger partial charge in [-0.1, -0.05) is 50.2 Å². The van der Waals surface area contributed by atoms with Gasteiger partial charge in [0.2, 0.25) is 12.1 Å². The molecule has 10 unspecified atom stereocenters. The Bertz CT molecular complexity index is 1920. The third-order valence-corrected chi connectivity index (χ3v) is 9.83. The van der Waals surface area contributed by atoms with E-state index in [0.29, 0.717) is 11.4 Å². The van der Waals surface area contributed by atoms with E-state index in [1.54, 1.807) is 0 Å². The van der Waals surface area contributed by atoms with Gasteiger partial charge in [-0.05, 0) is 62.1 Å². The molecule has 4 aromatic rings. The average molecular weight is 827 g/mol. The van der Waals surface area contributed by atoms with E-state index in [0.717, 1.165) is 37.8 Å². The second-order valence-electron chi connectivity index (χ2n) is 14.4. The van der Waals surface area contributed by atoms with E-state index in [2.05, 4.69) is 31.1 Å². The number of piperidine rings is 2. The van der Waals surface area contributed by atoms with Crippen LogP contribution in [0.2, 0.25) is 0 Å². The number of carboxylic acid groups (broad SMARTS) is 2. The first kappa shape index (κ1) is 46.4. The number of aryl methyl sites for hydroxylation is 2. The molecule has 0 radical (unpaired) electrons. The molecule has 60 heavy (non-hydrogen) atoms. The number of hydrogen-bond acceptors (Lipinski definition) is 14. The molecule has 0 aliphatic carbocycles. The van der Waals surface area contributed by atoms with Gasteiger partial charge in [0.1, 0.15) is 12.1 Å². The highest BCUT2D eigenvalue weighted by atomic mass is 16.4. The van der Waals surface area contributed by atoms with Crippen molar-refractivity contribution in [2.75, 3.05) is 0 Å². The Morgan fingerprint density at radius 2 is 0.917 bits per heavy atom. The minimum atomic E-state index is -1.44. The highest BCUT2D eigenvalue weighted by Gasteiger charge is 2.48. The minimum absolute atomic E-state index is 0.247. The van der Waals surface area contributed by atoms with Crippen LogP contribution in [0.1, 0.15) is 50.9 Å². The number of carboxylic acids is 2. The van der Waals surface area contributed by atoms with E-state index < -0.39 is 60.8 Å². The van der Waals surface area contributed by atoms with Crippen LogP contribution in [0.5, 0.6) is 0 Å². The lowest BCUT2D eigenvalue weighted by Crippen LogP contribution is -2.62. The molecule has 6 rings (SSSR count). The summed E-state index contributed by atoms with van der Waals surface area (Å²) < 4.78 is 3.65. The number of carbonyl (C=O) groups is 4. The fourth-order valence-corrected chi connectivity index (χ4v) is 6.42. The number of aromatic nitrogens is 2. The molecule has 318 valence electrons. The summed E-state index contributed by atoms with van der Waals surface area (Å²) in [6, 6.07) is 24.7. The van der Waals surface area contributed by atoms with Crippen molar-refractivity contribution in [2.24, 2.45) is 32.3 Å². The van der Waals surface area contributed by atoms with Crippen molar-refractivity contribution < 1.29 is 59.0 Å². The number of aliphatic hydroxyl groups is 4. The summed E-state index contributed by atoms with van der Waals surface area (Å²) in [5.41, 5.74) is 3.62. The molecular formula is C42H50N8O10. The molecule has 18 heteroatoms. The monoisotopic (exact) mass is 826 g/mol. The predicted octanol–water partition coefficient (Wildman–Crippen LogP) is -0.163. The molecule has 0 saturated carbocycles. The third-order valence-electron chi connectivity index (χ3n) is 9.83. The number of rotatable bonds is 11. The second-order valence-corrected chi connectivity index (χ2v) is 14.4. The van der Waals surface area contributed by atoms with E-state index in [-0.39, 0.29) is 23.7 Å². The quantitative estimate of drug-likeness (QED) is 0.0859. The smallest absolute Gasteiger partial charge is 0.291 e. The predicted molar refractivity (Wildman–Crippen MR) is 208 cm³/mol. The molecule has 10 atom stereocenters. The molecule has 2 fully saturated rings. The lowest BCUT2D eigenvalue weighted by Gasteiger charge is -2.32. The van der Waals surface area contributed by atoms with Crippen molar-refractivity contribution in [3.63, 3.8) is 0 Å². The first-order valence-electron chi connectivity index (χ1n) is 19.2. The lowest BCUT2D eigenvalue weighted by molar-refractivity contribution is -0.717. The van der Waals surface area contributed by atoms with Crippen LogP contribution in [0, 0.1) is 11.8 Å². The summed E-state index contributed by atoms with van der Waals surface area (Å²) in [6.45, 7) is 6.07. The summed E-state index contributed by atoms with van der Waals surface area (Å²) in [6.07, 6.45) is 4.07. The number of nitrogens with one attached hydrogen (secondary N) is 2. The maximum absolute atomic E-state index is 12.6. The molecule has 6 N–H and O–H groups in total. The van der Waals surface area contributed by atoms with Crippen molar-refractivity contribution in [3.05, 3.63) is 121 Å². The van der Waals surface area contributed by atoms with Crippen LogP contribution in [-0.2, 0) is 32.0 Å². The van der Waals surface area contributed by atoms with E-state index in [4.69, 9.17) is 10.2 Å². The number of azo groups is 2. The summed E-state index contributed by atoms with van der Waals surface area (Å²) >= 11 is 0. The molecule has 2 aromatic heterocycles. The number of amides is 2. The van der Waals surface area contributed by atoms with Crippen molar-refractivity contribution in [3.8, 4) is 0 Å². The molecule has 18 nitrogen and oxygen atoms in total. The molecule has 2 aromatic carbocycles. The molecule has 2 amide bonds. The van der Waals surface area contributed by atoms with Crippen LogP contribution in [0.15, 0.2) is 130 Å². The van der Waals surface area contributed by atoms with Crippen molar-refractivity contribution in [1.82, 2.24) is 10.6 Å². The number of aliphatic hydroxyl groups excluding tert-OH is 4. The Morgan fingerprint density at radius 3 is 1.20 bits per heavy atom. The van der Waals surface area contributed by atoms with Gasteiger partial charge in [0.05, 0.1) is 47.4 Å². The second kappa shape index (κ2) is 22.1. The normalized spacial score (nSPS) is 24.8. The fraction of sp³-hybridized carbons (Fsp3) is 0.381. The molecule has 0 bridgehead atoms. The number of nitrogens with zero attached hydrogens (tertiary/aromatic N) is 6. The summed E-state index contributed by atoms with van der Waals surface area (Å²) in [5.74, 6) is -3.91. The van der Waals surface area contributed by atoms with Crippen molar-refractivity contribution in [2.45, 2.75) is 89.4 Å². The lowest BCUT2D eigenvalue weighted by atomic mass is 9.88. The Labute approximate surface area is 346 Å². The van der Waals surface area contributed by atoms with Gasteiger partial charge in [0.15, 0.2) is 37.2 Å². The van der Waals surface area contributed by atoms with Crippen LogP contribution in [0.3, 0.4) is 0 Å². The molecule has 2 aliphatic heterocycles. The van der Waals surface area contributed by atoms with Crippen LogP contribution in [0.25, 0.3) is 0 Å². The Morgan fingerprint density at radius 1 is 0.617 bits per heavy atom. The van der Waals surface area contributed by atoms with Crippen LogP contribution in [-0.4, -0.2) is 80.9 Å². The number of carbonyl (C=O) groups excluding carboxylic acids is 4. The maximum atomic E-state index is 12.6. The van der Waals surface area contributed by atoms with Crippen molar-refractivity contribution >= 4 is 35.1 Å². The number of aliphatic carboxylic acids is 2. The van der Waals surface area contributed by atoms with Gasteiger partial charge in [-0.15, -0.1) is 0 Å². The van der Waals surface area contributed by atoms with Gasteiger partial charge in [-0.25, -0.2) is 0 Å². The Kier molecular flexibility index (Phi) is 17.1. The maximum Gasteiger partial charge on any atom is 0.291 e. The van der Waals surface area contributed by atoms with Crippen LogP contribution >= 0.6 is 0 Å². The van der Waals surface area contributed by atoms with E-state index in [9.17, 15) is 39.6 Å².